The number of aliphatic carboxylic acids is 1. The van der Waals surface area contributed by atoms with Gasteiger partial charge in [0, 0.05) is 41.9 Å². The zero-order chi connectivity index (χ0) is 24.6. The molecule has 0 spiro atoms. The number of carboxylic acid groups (broad SMARTS) is 1. The minimum atomic E-state index is -0.935. The highest BCUT2D eigenvalue weighted by Crippen LogP contribution is 1.98. The van der Waals surface area contributed by atoms with E-state index >= 15 is 0 Å². The van der Waals surface area contributed by atoms with Crippen LogP contribution >= 0.6 is 0 Å². The van der Waals surface area contributed by atoms with E-state index < -0.39 is 23.9 Å². The molecule has 0 atom stereocenters. The minimum Gasteiger partial charge on any atom is -0.478 e. The van der Waals surface area contributed by atoms with Crippen LogP contribution in [-0.4, -0.2) is 73.3 Å². The fourth-order valence-corrected chi connectivity index (χ4v) is 1.51. The van der Waals surface area contributed by atoms with Gasteiger partial charge in [-0.3, -0.25) is 4.90 Å². The van der Waals surface area contributed by atoms with Gasteiger partial charge in [0.15, 0.2) is 0 Å². The van der Waals surface area contributed by atoms with E-state index in [9.17, 15) is 19.2 Å². The maximum atomic E-state index is 11.4. The summed E-state index contributed by atoms with van der Waals surface area (Å²) >= 11 is 0. The van der Waals surface area contributed by atoms with Crippen molar-refractivity contribution in [1.29, 1.82) is 0 Å². The van der Waals surface area contributed by atoms with Crippen LogP contribution in [0.1, 0.15) is 27.7 Å². The summed E-state index contributed by atoms with van der Waals surface area (Å²) in [5, 5.41) is 7.89. The van der Waals surface area contributed by atoms with Crippen LogP contribution in [0.15, 0.2) is 48.6 Å². The quantitative estimate of drug-likeness (QED) is 0.262. The predicted octanol–water partition coefficient (Wildman–Crippen LogP) is 2.29. The number of esters is 3. The van der Waals surface area contributed by atoms with Crippen molar-refractivity contribution in [2.24, 2.45) is 0 Å². The van der Waals surface area contributed by atoms with Crippen molar-refractivity contribution in [2.45, 2.75) is 27.7 Å². The molecule has 174 valence electrons. The van der Waals surface area contributed by atoms with E-state index in [2.05, 4.69) is 26.3 Å². The molecule has 0 heterocycles. The van der Waals surface area contributed by atoms with Gasteiger partial charge in [-0.25, -0.2) is 19.2 Å². The van der Waals surface area contributed by atoms with Crippen molar-refractivity contribution in [3.63, 3.8) is 0 Å². The zero-order valence-corrected chi connectivity index (χ0v) is 18.8. The van der Waals surface area contributed by atoms with Gasteiger partial charge >= 0.3 is 23.9 Å². The van der Waals surface area contributed by atoms with E-state index in [1.807, 2.05) is 4.90 Å². The molecular formula is C22H33NO8. The molecule has 1 N–H and O–H groups in total. The maximum absolute atomic E-state index is 11.4. The number of hydrogen-bond acceptors (Lipinski definition) is 8. The smallest absolute Gasteiger partial charge is 0.333 e. The van der Waals surface area contributed by atoms with Gasteiger partial charge in [-0.15, -0.1) is 0 Å². The molecule has 0 aliphatic carbocycles. The van der Waals surface area contributed by atoms with Gasteiger partial charge in [-0.2, -0.15) is 0 Å². The Labute approximate surface area is 183 Å². The largest absolute Gasteiger partial charge is 0.478 e. The van der Waals surface area contributed by atoms with Crippen LogP contribution in [0.4, 0.5) is 0 Å². The number of carbonyl (C=O) groups excluding carboxylic acids is 3. The van der Waals surface area contributed by atoms with Crippen molar-refractivity contribution >= 4 is 23.9 Å². The van der Waals surface area contributed by atoms with Crippen molar-refractivity contribution in [3.8, 4) is 0 Å². The van der Waals surface area contributed by atoms with E-state index in [0.29, 0.717) is 36.4 Å². The van der Waals surface area contributed by atoms with E-state index in [1.54, 1.807) is 20.8 Å². The molecule has 9 nitrogen and oxygen atoms in total. The Balaban J connectivity index is 0. The van der Waals surface area contributed by atoms with Gasteiger partial charge in [0.1, 0.15) is 19.8 Å². The second kappa shape index (κ2) is 16.6. The summed E-state index contributed by atoms with van der Waals surface area (Å²) < 4.78 is 15.1. The Kier molecular flexibility index (Phi) is 16.0. The highest BCUT2D eigenvalue weighted by Gasteiger charge is 2.11. The third-order valence-electron chi connectivity index (χ3n) is 3.33. The lowest BCUT2D eigenvalue weighted by Crippen LogP contribution is -2.35. The third-order valence-corrected chi connectivity index (χ3v) is 3.33. The number of rotatable bonds is 13. The van der Waals surface area contributed by atoms with E-state index in [-0.39, 0.29) is 25.4 Å². The zero-order valence-electron chi connectivity index (χ0n) is 18.8. The van der Waals surface area contributed by atoms with Crippen molar-refractivity contribution < 1.29 is 38.5 Å². The summed E-state index contributed by atoms with van der Waals surface area (Å²) in [6, 6.07) is 0. The predicted molar refractivity (Wildman–Crippen MR) is 116 cm³/mol. The molecule has 9 heteroatoms. The number of carboxylic acids is 1. The Hall–Kier alpha value is -3.20. The average Bonchev–Trinajstić information content (AvgIpc) is 2.67. The summed E-state index contributed by atoms with van der Waals surface area (Å²) in [7, 11) is 0. The molecule has 0 aliphatic rings. The Morgan fingerprint density at radius 3 is 1.00 bits per heavy atom. The monoisotopic (exact) mass is 439 g/mol. The summed E-state index contributed by atoms with van der Waals surface area (Å²) in [4.78, 5) is 45.6. The molecule has 0 fully saturated rings. The van der Waals surface area contributed by atoms with Crippen LogP contribution in [-0.2, 0) is 33.4 Å². The van der Waals surface area contributed by atoms with Gasteiger partial charge in [0.2, 0.25) is 0 Å². The van der Waals surface area contributed by atoms with E-state index in [4.69, 9.17) is 19.3 Å². The molecule has 0 aliphatic heterocycles. The molecule has 0 saturated heterocycles. The minimum absolute atomic E-state index is 0.147. The van der Waals surface area contributed by atoms with Gasteiger partial charge in [-0.05, 0) is 27.7 Å². The molecule has 0 aromatic rings. The molecule has 0 unspecified atom stereocenters. The van der Waals surface area contributed by atoms with Crippen LogP contribution in [0.3, 0.4) is 0 Å². The lowest BCUT2D eigenvalue weighted by Gasteiger charge is -2.22. The normalized spacial score (nSPS) is 9.58. The SMILES string of the molecule is C=C(C)C(=O)O.C=C(C)C(=O)OCCN(CCOC(=O)C(=C)C)CCOC(=O)C(=C)C. The summed E-state index contributed by atoms with van der Waals surface area (Å²) in [6.45, 7) is 21.4. The number of nitrogens with zero attached hydrogens (tertiary/aromatic N) is 1. The van der Waals surface area contributed by atoms with E-state index in [0.717, 1.165) is 0 Å². The Morgan fingerprint density at radius 1 is 0.613 bits per heavy atom. The first-order chi connectivity index (χ1) is 14.3. The van der Waals surface area contributed by atoms with Gasteiger partial charge in [0.25, 0.3) is 0 Å². The van der Waals surface area contributed by atoms with E-state index in [1.165, 1.54) is 6.92 Å². The standard InChI is InChI=1S/C18H27NO6.C4H6O2/c1-13(2)16(20)23-10-7-19(8-11-24-17(21)14(3)4)9-12-25-18(22)15(5)6;1-3(2)4(5)6/h1,3,5,7-12H2,2,4,6H3;1H2,2H3,(H,5,6). The summed E-state index contributed by atoms with van der Waals surface area (Å²) in [5.41, 5.74) is 1.13. The molecule has 0 rings (SSSR count). The lowest BCUT2D eigenvalue weighted by molar-refractivity contribution is -0.140. The first-order valence-electron chi connectivity index (χ1n) is 9.38. The van der Waals surface area contributed by atoms with Crippen LogP contribution in [0.5, 0.6) is 0 Å². The first-order valence-corrected chi connectivity index (χ1v) is 9.38. The fraction of sp³-hybridized carbons (Fsp3) is 0.455. The number of carbonyl (C=O) groups is 4. The molecule has 0 radical (unpaired) electrons. The molecule has 0 bridgehead atoms. The van der Waals surface area contributed by atoms with Gasteiger partial charge in [0.05, 0.1) is 0 Å². The lowest BCUT2D eigenvalue weighted by atomic mass is 10.3. The number of hydrogen-bond donors (Lipinski definition) is 1. The molecule has 0 aromatic carbocycles. The highest BCUT2D eigenvalue weighted by molar-refractivity contribution is 5.87. The molecular weight excluding hydrogens is 406 g/mol. The van der Waals surface area contributed by atoms with Crippen molar-refractivity contribution in [1.82, 2.24) is 4.90 Å². The second-order valence-electron chi connectivity index (χ2n) is 6.68. The van der Waals surface area contributed by atoms with Crippen molar-refractivity contribution in [3.05, 3.63) is 48.6 Å². The number of ether oxygens (including phenoxy) is 3. The van der Waals surface area contributed by atoms with Crippen LogP contribution in [0, 0.1) is 0 Å². The average molecular weight is 440 g/mol. The van der Waals surface area contributed by atoms with Gasteiger partial charge < -0.3 is 19.3 Å². The fourth-order valence-electron chi connectivity index (χ4n) is 1.51. The first kappa shape index (κ1) is 30.0. The Morgan fingerprint density at radius 2 is 0.839 bits per heavy atom. The van der Waals surface area contributed by atoms with Crippen LogP contribution in [0.25, 0.3) is 0 Å². The molecule has 31 heavy (non-hydrogen) atoms. The van der Waals surface area contributed by atoms with Crippen LogP contribution < -0.4 is 0 Å². The Bertz CT molecular complexity index is 620. The topological polar surface area (TPSA) is 119 Å². The molecule has 0 amide bonds. The maximum Gasteiger partial charge on any atom is 0.333 e. The second-order valence-corrected chi connectivity index (χ2v) is 6.68. The third kappa shape index (κ3) is 17.4. The summed E-state index contributed by atoms with van der Waals surface area (Å²) in [5.74, 6) is -2.35. The summed E-state index contributed by atoms with van der Waals surface area (Å²) in [6.07, 6.45) is 0. The highest BCUT2D eigenvalue weighted by atomic mass is 16.5. The molecule has 0 aromatic heterocycles. The molecule has 0 saturated carbocycles. The van der Waals surface area contributed by atoms with Crippen LogP contribution in [0.2, 0.25) is 0 Å². The van der Waals surface area contributed by atoms with Gasteiger partial charge in [-0.1, -0.05) is 26.3 Å². The van der Waals surface area contributed by atoms with Crippen molar-refractivity contribution in [2.75, 3.05) is 39.5 Å².